The molecule has 2 aliphatic rings. The molecule has 0 bridgehead atoms. The van der Waals surface area contributed by atoms with E-state index in [2.05, 4.69) is 63.5 Å². The summed E-state index contributed by atoms with van der Waals surface area (Å²) in [4.78, 5) is 9.41. The van der Waals surface area contributed by atoms with Gasteiger partial charge >= 0.3 is 0 Å². The fraction of sp³-hybridized carbons (Fsp3) is 0.682. The lowest BCUT2D eigenvalue weighted by Gasteiger charge is -2.38. The summed E-state index contributed by atoms with van der Waals surface area (Å²) in [6.45, 7) is 12.4. The standard InChI is InChI=1S/C22H37N5O.HI/c1-18(27-12-13-28-17-19(27)2)14-24-22(23-3)25-15-20-6-8-21(9-7-20)16-26-10-4-5-11-26;/h6-9,18-19H,4-5,10-17H2,1-3H3,(H2,23,24,25);1H. The first-order valence-corrected chi connectivity index (χ1v) is 10.7. The van der Waals surface area contributed by atoms with Crippen molar-refractivity contribution >= 4 is 29.9 Å². The van der Waals surface area contributed by atoms with Gasteiger partial charge in [0, 0.05) is 45.3 Å². The van der Waals surface area contributed by atoms with Gasteiger partial charge in [0.2, 0.25) is 0 Å². The molecule has 1 aromatic rings. The monoisotopic (exact) mass is 515 g/mol. The minimum Gasteiger partial charge on any atom is -0.379 e. The second-order valence-electron chi connectivity index (χ2n) is 8.12. The lowest BCUT2D eigenvalue weighted by Crippen LogP contribution is -2.52. The molecule has 2 heterocycles. The SMILES string of the molecule is CN=C(NCc1ccc(CN2CCCC2)cc1)NCC(C)N1CCOCC1C.I. The lowest BCUT2D eigenvalue weighted by atomic mass is 10.1. The smallest absolute Gasteiger partial charge is 0.191 e. The topological polar surface area (TPSA) is 52.1 Å². The fourth-order valence-electron chi connectivity index (χ4n) is 4.12. The molecule has 0 radical (unpaired) electrons. The summed E-state index contributed by atoms with van der Waals surface area (Å²) in [5, 5.41) is 6.90. The van der Waals surface area contributed by atoms with Gasteiger partial charge in [-0.25, -0.2) is 0 Å². The molecule has 164 valence electrons. The molecule has 29 heavy (non-hydrogen) atoms. The van der Waals surface area contributed by atoms with Gasteiger partial charge < -0.3 is 15.4 Å². The maximum Gasteiger partial charge on any atom is 0.191 e. The van der Waals surface area contributed by atoms with Crippen LogP contribution in [0.4, 0.5) is 0 Å². The van der Waals surface area contributed by atoms with Crippen LogP contribution in [0.2, 0.25) is 0 Å². The number of benzene rings is 1. The number of guanidine groups is 1. The van der Waals surface area contributed by atoms with Crippen molar-refractivity contribution in [2.75, 3.05) is 46.4 Å². The molecule has 0 spiro atoms. The van der Waals surface area contributed by atoms with Crippen LogP contribution in [-0.2, 0) is 17.8 Å². The molecule has 3 rings (SSSR count). The van der Waals surface area contributed by atoms with Gasteiger partial charge in [-0.2, -0.15) is 0 Å². The maximum atomic E-state index is 5.54. The molecule has 2 atom stereocenters. The third-order valence-electron chi connectivity index (χ3n) is 5.86. The number of halogens is 1. The van der Waals surface area contributed by atoms with E-state index < -0.39 is 0 Å². The highest BCUT2D eigenvalue weighted by atomic mass is 127. The Balaban J connectivity index is 0.00000300. The molecule has 2 aliphatic heterocycles. The minimum atomic E-state index is 0. The number of morpholine rings is 1. The molecule has 0 saturated carbocycles. The van der Waals surface area contributed by atoms with Gasteiger partial charge in [0.15, 0.2) is 5.96 Å². The third kappa shape index (κ3) is 7.70. The molecule has 2 unspecified atom stereocenters. The van der Waals surface area contributed by atoms with Gasteiger partial charge in [0.1, 0.15) is 0 Å². The zero-order valence-electron chi connectivity index (χ0n) is 18.2. The molecule has 2 saturated heterocycles. The van der Waals surface area contributed by atoms with E-state index >= 15 is 0 Å². The van der Waals surface area contributed by atoms with E-state index in [1.807, 2.05) is 7.05 Å². The van der Waals surface area contributed by atoms with Crippen molar-refractivity contribution < 1.29 is 4.74 Å². The van der Waals surface area contributed by atoms with Crippen LogP contribution in [0.5, 0.6) is 0 Å². The van der Waals surface area contributed by atoms with Crippen LogP contribution in [0.1, 0.15) is 37.8 Å². The molecular formula is C22H38IN5O. The Morgan fingerprint density at radius 1 is 1.14 bits per heavy atom. The van der Waals surface area contributed by atoms with Crippen LogP contribution in [0.25, 0.3) is 0 Å². The predicted molar refractivity (Wildman–Crippen MR) is 131 cm³/mol. The lowest BCUT2D eigenvalue weighted by molar-refractivity contribution is -0.0174. The predicted octanol–water partition coefficient (Wildman–Crippen LogP) is 2.67. The zero-order valence-corrected chi connectivity index (χ0v) is 20.5. The van der Waals surface area contributed by atoms with Crippen molar-refractivity contribution in [1.29, 1.82) is 0 Å². The van der Waals surface area contributed by atoms with Crippen LogP contribution >= 0.6 is 24.0 Å². The van der Waals surface area contributed by atoms with E-state index in [1.165, 1.54) is 37.1 Å². The quantitative estimate of drug-likeness (QED) is 0.333. The van der Waals surface area contributed by atoms with Crippen LogP contribution in [-0.4, -0.2) is 74.3 Å². The van der Waals surface area contributed by atoms with Crippen LogP contribution in [0, 0.1) is 0 Å². The molecule has 1 aromatic carbocycles. The van der Waals surface area contributed by atoms with Gasteiger partial charge in [-0.05, 0) is 50.9 Å². The molecule has 2 N–H and O–H groups in total. The van der Waals surface area contributed by atoms with E-state index in [1.54, 1.807) is 0 Å². The highest BCUT2D eigenvalue weighted by molar-refractivity contribution is 14.0. The highest BCUT2D eigenvalue weighted by Crippen LogP contribution is 2.13. The average molecular weight is 515 g/mol. The van der Waals surface area contributed by atoms with Crippen molar-refractivity contribution in [1.82, 2.24) is 20.4 Å². The summed E-state index contributed by atoms with van der Waals surface area (Å²) in [5.41, 5.74) is 2.68. The number of likely N-dealkylation sites (tertiary alicyclic amines) is 1. The first-order chi connectivity index (χ1) is 13.7. The summed E-state index contributed by atoms with van der Waals surface area (Å²) in [7, 11) is 1.83. The normalized spacial score (nSPS) is 22.2. The minimum absolute atomic E-state index is 0. The van der Waals surface area contributed by atoms with Crippen LogP contribution in [0.15, 0.2) is 29.3 Å². The van der Waals surface area contributed by atoms with E-state index in [4.69, 9.17) is 4.74 Å². The summed E-state index contributed by atoms with van der Waals surface area (Å²) < 4.78 is 5.54. The van der Waals surface area contributed by atoms with Crippen molar-refractivity contribution in [3.8, 4) is 0 Å². The van der Waals surface area contributed by atoms with Crippen molar-refractivity contribution in [3.05, 3.63) is 35.4 Å². The average Bonchev–Trinajstić information content (AvgIpc) is 3.22. The van der Waals surface area contributed by atoms with Crippen LogP contribution < -0.4 is 10.6 Å². The van der Waals surface area contributed by atoms with Crippen LogP contribution in [0.3, 0.4) is 0 Å². The van der Waals surface area contributed by atoms with Gasteiger partial charge in [-0.1, -0.05) is 24.3 Å². The maximum absolute atomic E-state index is 5.54. The van der Waals surface area contributed by atoms with Gasteiger partial charge in [-0.15, -0.1) is 24.0 Å². The summed E-state index contributed by atoms with van der Waals surface area (Å²) in [6.07, 6.45) is 2.69. The summed E-state index contributed by atoms with van der Waals surface area (Å²) in [6, 6.07) is 9.88. The second-order valence-corrected chi connectivity index (χ2v) is 8.12. The number of aliphatic imine (C=N–C) groups is 1. The fourth-order valence-corrected chi connectivity index (χ4v) is 4.12. The summed E-state index contributed by atoms with van der Waals surface area (Å²) in [5.74, 6) is 0.855. The molecule has 0 aliphatic carbocycles. The Kier molecular flexibility index (Phi) is 10.7. The van der Waals surface area contributed by atoms with Crippen molar-refractivity contribution in [2.24, 2.45) is 4.99 Å². The largest absolute Gasteiger partial charge is 0.379 e. The van der Waals surface area contributed by atoms with Crippen molar-refractivity contribution in [3.63, 3.8) is 0 Å². The molecule has 0 aromatic heterocycles. The Bertz CT molecular complexity index is 618. The summed E-state index contributed by atoms with van der Waals surface area (Å²) >= 11 is 0. The Morgan fingerprint density at radius 3 is 2.48 bits per heavy atom. The number of hydrogen-bond acceptors (Lipinski definition) is 4. The van der Waals surface area contributed by atoms with E-state index in [-0.39, 0.29) is 24.0 Å². The second kappa shape index (κ2) is 12.7. The first kappa shape index (κ1) is 24.4. The van der Waals surface area contributed by atoms with Gasteiger partial charge in [0.25, 0.3) is 0 Å². The van der Waals surface area contributed by atoms with Gasteiger partial charge in [0.05, 0.1) is 13.2 Å². The number of nitrogens with zero attached hydrogens (tertiary/aromatic N) is 3. The molecule has 0 amide bonds. The van der Waals surface area contributed by atoms with E-state index in [0.717, 1.165) is 45.4 Å². The Morgan fingerprint density at radius 2 is 1.83 bits per heavy atom. The zero-order chi connectivity index (χ0) is 19.8. The molecule has 2 fully saturated rings. The Labute approximate surface area is 193 Å². The van der Waals surface area contributed by atoms with E-state index in [0.29, 0.717) is 12.1 Å². The van der Waals surface area contributed by atoms with Gasteiger partial charge in [-0.3, -0.25) is 14.8 Å². The molecule has 6 nitrogen and oxygen atoms in total. The first-order valence-electron chi connectivity index (χ1n) is 10.7. The molecular weight excluding hydrogens is 477 g/mol. The molecule has 7 heteroatoms. The van der Waals surface area contributed by atoms with E-state index in [9.17, 15) is 0 Å². The number of hydrogen-bond donors (Lipinski definition) is 2. The highest BCUT2D eigenvalue weighted by Gasteiger charge is 2.23. The Hall–Kier alpha value is -0.900. The van der Waals surface area contributed by atoms with Crippen molar-refractivity contribution in [2.45, 2.75) is 51.9 Å². The number of rotatable bonds is 7. The number of nitrogens with one attached hydrogen (secondary N) is 2. The number of ether oxygens (including phenoxy) is 1. The third-order valence-corrected chi connectivity index (χ3v) is 5.86.